The summed E-state index contributed by atoms with van der Waals surface area (Å²) in [7, 11) is 2.94. The molecule has 0 radical (unpaired) electrons. The van der Waals surface area contributed by atoms with E-state index in [-0.39, 0.29) is 11.5 Å². The minimum absolute atomic E-state index is 0.269. The molecule has 0 saturated carbocycles. The van der Waals surface area contributed by atoms with Crippen molar-refractivity contribution in [2.24, 2.45) is 0 Å². The second kappa shape index (κ2) is 7.33. The number of H-pyrrole nitrogens is 1. The molecule has 5 rings (SSSR count). The molecule has 156 valence electrons. The van der Waals surface area contributed by atoms with Gasteiger partial charge >= 0.3 is 5.97 Å². The van der Waals surface area contributed by atoms with Crippen LogP contribution < -0.4 is 20.3 Å². The minimum Gasteiger partial charge on any atom is -0.493 e. The van der Waals surface area contributed by atoms with Crippen molar-refractivity contribution in [1.82, 2.24) is 15.8 Å². The van der Waals surface area contributed by atoms with Gasteiger partial charge in [-0.3, -0.25) is 10.2 Å². The summed E-state index contributed by atoms with van der Waals surface area (Å²) >= 11 is 0. The zero-order valence-corrected chi connectivity index (χ0v) is 16.8. The van der Waals surface area contributed by atoms with E-state index in [1.54, 1.807) is 18.2 Å². The van der Waals surface area contributed by atoms with E-state index in [2.05, 4.69) is 15.8 Å². The number of hydrazine groups is 1. The second-order valence-electron chi connectivity index (χ2n) is 7.08. The number of esters is 1. The lowest BCUT2D eigenvalue weighted by Gasteiger charge is -2.14. The number of ether oxygens (including phenoxy) is 3. The number of hydrogen-bond donors (Lipinski definition) is 3. The third-order valence-electron chi connectivity index (χ3n) is 5.37. The highest BCUT2D eigenvalue weighted by Crippen LogP contribution is 2.40. The van der Waals surface area contributed by atoms with E-state index in [0.717, 1.165) is 21.7 Å². The summed E-state index contributed by atoms with van der Waals surface area (Å²) in [5, 5.41) is 3.05. The van der Waals surface area contributed by atoms with Gasteiger partial charge in [-0.05, 0) is 23.6 Å². The molecule has 0 unspecified atom stereocenters. The Bertz CT molecular complexity index is 1340. The molecule has 8 heteroatoms. The number of carbonyl (C=O) groups excluding carboxylic acids is 2. The number of benzene rings is 3. The highest BCUT2D eigenvalue weighted by molar-refractivity contribution is 6.08. The molecule has 0 aliphatic carbocycles. The largest absolute Gasteiger partial charge is 0.493 e. The van der Waals surface area contributed by atoms with Gasteiger partial charge in [0.25, 0.3) is 5.91 Å². The van der Waals surface area contributed by atoms with Crippen LogP contribution in [0.1, 0.15) is 32.6 Å². The van der Waals surface area contributed by atoms with E-state index in [4.69, 9.17) is 14.2 Å². The Hall–Kier alpha value is -4.04. The third kappa shape index (κ3) is 3.04. The fourth-order valence-electron chi connectivity index (χ4n) is 3.90. The van der Waals surface area contributed by atoms with Gasteiger partial charge in [-0.25, -0.2) is 4.79 Å². The summed E-state index contributed by atoms with van der Waals surface area (Å²) < 4.78 is 15.9. The quantitative estimate of drug-likeness (QED) is 0.340. The first kappa shape index (κ1) is 19.0. The topological polar surface area (TPSA) is 102 Å². The molecule has 0 bridgehead atoms. The van der Waals surface area contributed by atoms with Gasteiger partial charge in [0.2, 0.25) is 0 Å². The van der Waals surface area contributed by atoms with Crippen LogP contribution in [0.15, 0.2) is 54.6 Å². The number of fused-ring (bicyclic) bond motifs is 4. The number of carbonyl (C=O) groups is 2. The first-order chi connectivity index (χ1) is 15.1. The van der Waals surface area contributed by atoms with E-state index in [0.29, 0.717) is 22.8 Å². The Balaban J connectivity index is 1.38. The molecule has 1 amide bonds. The van der Waals surface area contributed by atoms with Crippen molar-refractivity contribution in [3.8, 4) is 11.5 Å². The Morgan fingerprint density at radius 2 is 1.84 bits per heavy atom. The predicted octanol–water partition coefficient (Wildman–Crippen LogP) is 3.44. The number of aromatic amines is 1. The maximum absolute atomic E-state index is 12.7. The molecule has 31 heavy (non-hydrogen) atoms. The van der Waals surface area contributed by atoms with Crippen LogP contribution in [0.25, 0.3) is 21.7 Å². The highest BCUT2D eigenvalue weighted by Gasteiger charge is 2.36. The van der Waals surface area contributed by atoms with Crippen LogP contribution >= 0.6 is 0 Å². The van der Waals surface area contributed by atoms with Crippen LogP contribution in [-0.4, -0.2) is 31.1 Å². The lowest BCUT2D eigenvalue weighted by atomic mass is 10.1. The van der Waals surface area contributed by atoms with Crippen molar-refractivity contribution in [2.75, 3.05) is 14.2 Å². The van der Waals surface area contributed by atoms with Crippen molar-refractivity contribution in [1.29, 1.82) is 0 Å². The van der Waals surface area contributed by atoms with E-state index in [1.165, 1.54) is 14.2 Å². The van der Waals surface area contributed by atoms with Gasteiger partial charge in [0.1, 0.15) is 11.3 Å². The van der Waals surface area contributed by atoms with Gasteiger partial charge in [-0.1, -0.05) is 36.4 Å². The molecule has 3 aromatic carbocycles. The predicted molar refractivity (Wildman–Crippen MR) is 114 cm³/mol. The van der Waals surface area contributed by atoms with Crippen molar-refractivity contribution in [2.45, 2.75) is 6.23 Å². The van der Waals surface area contributed by atoms with E-state index >= 15 is 0 Å². The lowest BCUT2D eigenvalue weighted by molar-refractivity contribution is 0.0259. The monoisotopic (exact) mass is 417 g/mol. The highest BCUT2D eigenvalue weighted by atomic mass is 16.6. The van der Waals surface area contributed by atoms with Gasteiger partial charge in [0, 0.05) is 16.3 Å². The molecule has 0 spiro atoms. The van der Waals surface area contributed by atoms with Gasteiger partial charge < -0.3 is 19.2 Å². The van der Waals surface area contributed by atoms with E-state index < -0.39 is 12.2 Å². The molecule has 0 saturated heterocycles. The third-order valence-corrected chi connectivity index (χ3v) is 5.37. The number of cyclic esters (lactones) is 1. The lowest BCUT2D eigenvalue weighted by Crippen LogP contribution is -2.40. The van der Waals surface area contributed by atoms with Crippen LogP contribution in [0.4, 0.5) is 0 Å². The minimum atomic E-state index is -0.850. The number of rotatable bonds is 5. The average Bonchev–Trinajstić information content (AvgIpc) is 3.38. The molecule has 1 atom stereocenters. The second-order valence-corrected chi connectivity index (χ2v) is 7.08. The van der Waals surface area contributed by atoms with Crippen LogP contribution in [0.3, 0.4) is 0 Å². The molecule has 2 heterocycles. The Kier molecular flexibility index (Phi) is 4.48. The standard InChI is InChI=1S/C23H19N3O5/c1-29-17-10-9-15-18(20(17)30-2)23(28)31-22(15)26-25-21(27)16-11-13-8-7-12-5-3-4-6-14(12)19(13)24-16/h3-11,22,24,26H,1-2H3,(H,25,27)/t22-/m1/s1. The Morgan fingerprint density at radius 1 is 1.03 bits per heavy atom. The molecule has 8 nitrogen and oxygen atoms in total. The smallest absolute Gasteiger partial charge is 0.344 e. The average molecular weight is 417 g/mol. The summed E-state index contributed by atoms with van der Waals surface area (Å²) in [5.41, 5.74) is 7.47. The van der Waals surface area contributed by atoms with Crippen molar-refractivity contribution < 1.29 is 23.8 Å². The zero-order valence-electron chi connectivity index (χ0n) is 16.8. The van der Waals surface area contributed by atoms with Crippen LogP contribution in [0, 0.1) is 0 Å². The zero-order chi connectivity index (χ0) is 21.5. The van der Waals surface area contributed by atoms with Crippen LogP contribution in [0.5, 0.6) is 11.5 Å². The summed E-state index contributed by atoms with van der Waals surface area (Å²) in [6.07, 6.45) is -0.850. The SMILES string of the molecule is COc1ccc2c(c1OC)C(=O)O[C@H]2NNC(=O)c1cc2ccc3ccccc3c2[nH]1. The molecule has 1 aliphatic rings. The van der Waals surface area contributed by atoms with Gasteiger partial charge in [-0.2, -0.15) is 5.43 Å². The van der Waals surface area contributed by atoms with Crippen LogP contribution in [-0.2, 0) is 4.74 Å². The molecular formula is C23H19N3O5. The fourth-order valence-corrected chi connectivity index (χ4v) is 3.90. The number of nitrogens with one attached hydrogen (secondary N) is 3. The summed E-state index contributed by atoms with van der Waals surface area (Å²) in [6, 6.07) is 17.1. The molecular weight excluding hydrogens is 398 g/mol. The summed E-state index contributed by atoms with van der Waals surface area (Å²) in [4.78, 5) is 28.3. The molecule has 4 aromatic rings. The molecule has 3 N–H and O–H groups in total. The number of amides is 1. The van der Waals surface area contributed by atoms with Gasteiger partial charge in [0.05, 0.1) is 19.7 Å². The normalized spacial score (nSPS) is 15.0. The first-order valence-electron chi connectivity index (χ1n) is 9.63. The maximum Gasteiger partial charge on any atom is 0.344 e. The molecule has 1 aromatic heterocycles. The number of aromatic nitrogens is 1. The summed E-state index contributed by atoms with van der Waals surface area (Å²) in [5.74, 6) is -0.226. The Labute approximate surface area is 177 Å². The van der Waals surface area contributed by atoms with Crippen molar-refractivity contribution >= 4 is 33.6 Å². The number of hydrogen-bond acceptors (Lipinski definition) is 6. The maximum atomic E-state index is 12.7. The van der Waals surface area contributed by atoms with E-state index in [1.807, 2.05) is 36.4 Å². The van der Waals surface area contributed by atoms with Gasteiger partial charge in [-0.15, -0.1) is 0 Å². The molecule has 0 fully saturated rings. The number of methoxy groups -OCH3 is 2. The summed E-state index contributed by atoms with van der Waals surface area (Å²) in [6.45, 7) is 0. The van der Waals surface area contributed by atoms with Gasteiger partial charge in [0.15, 0.2) is 17.7 Å². The Morgan fingerprint density at radius 3 is 2.65 bits per heavy atom. The van der Waals surface area contributed by atoms with Crippen molar-refractivity contribution in [3.63, 3.8) is 0 Å². The van der Waals surface area contributed by atoms with Crippen LogP contribution in [0.2, 0.25) is 0 Å². The van der Waals surface area contributed by atoms with E-state index in [9.17, 15) is 9.59 Å². The first-order valence-corrected chi connectivity index (χ1v) is 9.63. The molecule has 1 aliphatic heterocycles. The fraction of sp³-hybridized carbons (Fsp3) is 0.130. The van der Waals surface area contributed by atoms with Crippen molar-refractivity contribution in [3.05, 3.63) is 71.4 Å².